The predicted molar refractivity (Wildman–Crippen MR) is 114 cm³/mol. The summed E-state index contributed by atoms with van der Waals surface area (Å²) in [6.45, 7) is 1.59. The largest absolute Gasteiger partial charge is 0.416 e. The number of aromatic amines is 1. The van der Waals surface area contributed by atoms with Gasteiger partial charge in [0.05, 0.1) is 36.3 Å². The smallest absolute Gasteiger partial charge is 0.382 e. The van der Waals surface area contributed by atoms with Crippen LogP contribution in [0, 0.1) is 5.92 Å². The first-order valence-corrected chi connectivity index (χ1v) is 10.8. The average molecular weight is 492 g/mol. The molecule has 3 rings (SSSR count). The summed E-state index contributed by atoms with van der Waals surface area (Å²) in [7, 11) is 1.47. The van der Waals surface area contributed by atoms with Gasteiger partial charge in [-0.2, -0.15) is 13.2 Å². The van der Waals surface area contributed by atoms with E-state index in [2.05, 4.69) is 15.3 Å². The summed E-state index contributed by atoms with van der Waals surface area (Å²) in [5.74, 6) is -3.13. The second-order valence-corrected chi connectivity index (χ2v) is 9.23. The third-order valence-corrected chi connectivity index (χ3v) is 5.90. The maximum absolute atomic E-state index is 13.0. The number of ether oxygens (including phenoxy) is 2. The fourth-order valence-electron chi connectivity index (χ4n) is 3.73. The van der Waals surface area contributed by atoms with Crippen molar-refractivity contribution in [2.45, 2.75) is 62.9 Å². The van der Waals surface area contributed by atoms with Gasteiger partial charge >= 0.3 is 6.18 Å². The van der Waals surface area contributed by atoms with Crippen LogP contribution in [0.2, 0.25) is 0 Å². The molecule has 1 saturated carbocycles. The quantitative estimate of drug-likeness (QED) is 0.433. The second-order valence-electron chi connectivity index (χ2n) is 9.23. The number of alkyl halides is 5. The molecular formula is C22H29F5N4O3. The van der Waals surface area contributed by atoms with E-state index in [1.165, 1.54) is 7.11 Å². The van der Waals surface area contributed by atoms with Crippen LogP contribution in [0.4, 0.5) is 22.0 Å². The zero-order valence-corrected chi connectivity index (χ0v) is 19.1. The van der Waals surface area contributed by atoms with Crippen LogP contribution in [0.15, 0.2) is 18.2 Å². The van der Waals surface area contributed by atoms with Crippen molar-refractivity contribution in [3.05, 3.63) is 29.6 Å². The van der Waals surface area contributed by atoms with Crippen LogP contribution in [0.25, 0.3) is 11.0 Å². The summed E-state index contributed by atoms with van der Waals surface area (Å²) in [5.41, 5.74) is 5.39. The molecule has 1 amide bonds. The van der Waals surface area contributed by atoms with E-state index in [1.807, 2.05) is 0 Å². The number of nitrogens with zero attached hydrogens (tertiary/aromatic N) is 1. The lowest BCUT2D eigenvalue weighted by atomic mass is 9.79. The van der Waals surface area contributed by atoms with Crippen LogP contribution in [0.3, 0.4) is 0 Å². The highest BCUT2D eigenvalue weighted by atomic mass is 19.4. The van der Waals surface area contributed by atoms with E-state index in [1.54, 1.807) is 18.2 Å². The maximum atomic E-state index is 13.0. The van der Waals surface area contributed by atoms with Crippen LogP contribution in [-0.2, 0) is 14.3 Å². The Hall–Kier alpha value is -2.31. The van der Waals surface area contributed by atoms with Gasteiger partial charge in [0, 0.05) is 26.4 Å². The first kappa shape index (κ1) is 26.3. The van der Waals surface area contributed by atoms with Crippen molar-refractivity contribution in [3.8, 4) is 0 Å². The average Bonchev–Trinajstić information content (AvgIpc) is 3.13. The van der Waals surface area contributed by atoms with Gasteiger partial charge in [0.1, 0.15) is 5.82 Å². The number of nitrogens with one attached hydrogen (secondary N) is 2. The van der Waals surface area contributed by atoms with Crippen molar-refractivity contribution < 1.29 is 36.2 Å². The Bertz CT molecular complexity index is 1000. The lowest BCUT2D eigenvalue weighted by molar-refractivity contribution is -0.264. The molecule has 1 fully saturated rings. The molecule has 1 unspecified atom stereocenters. The molecule has 7 nitrogen and oxygen atoms in total. The van der Waals surface area contributed by atoms with E-state index in [0.717, 1.165) is 13.8 Å². The number of halogens is 5. The van der Waals surface area contributed by atoms with Crippen molar-refractivity contribution in [3.63, 3.8) is 0 Å². The summed E-state index contributed by atoms with van der Waals surface area (Å²) in [4.78, 5) is 19.7. The lowest BCUT2D eigenvalue weighted by Crippen LogP contribution is -2.43. The van der Waals surface area contributed by atoms with Crippen molar-refractivity contribution in [1.82, 2.24) is 15.3 Å². The Kier molecular flexibility index (Phi) is 7.54. The summed E-state index contributed by atoms with van der Waals surface area (Å²) in [5, 5.41) is 2.81. The van der Waals surface area contributed by atoms with E-state index >= 15 is 0 Å². The van der Waals surface area contributed by atoms with Gasteiger partial charge < -0.3 is 25.5 Å². The van der Waals surface area contributed by atoms with Gasteiger partial charge in [0.25, 0.3) is 0 Å². The zero-order valence-electron chi connectivity index (χ0n) is 19.1. The normalized spacial score (nSPS) is 18.5. The molecule has 34 heavy (non-hydrogen) atoms. The highest BCUT2D eigenvalue weighted by Crippen LogP contribution is 2.44. The Balaban J connectivity index is 1.67. The summed E-state index contributed by atoms with van der Waals surface area (Å²) >= 11 is 0. The van der Waals surface area contributed by atoms with Gasteiger partial charge in [0.15, 0.2) is 5.60 Å². The Morgan fingerprint density at radius 2 is 1.97 bits per heavy atom. The third-order valence-electron chi connectivity index (χ3n) is 5.90. The molecule has 4 N–H and O–H groups in total. The summed E-state index contributed by atoms with van der Waals surface area (Å²) in [6, 6.07) is 3.68. The van der Waals surface area contributed by atoms with Crippen LogP contribution >= 0.6 is 0 Å². The molecule has 0 aliphatic heterocycles. The van der Waals surface area contributed by atoms with E-state index < -0.39 is 36.4 Å². The van der Waals surface area contributed by atoms with Crippen LogP contribution < -0.4 is 11.1 Å². The minimum Gasteiger partial charge on any atom is -0.382 e. The molecule has 2 atom stereocenters. The van der Waals surface area contributed by atoms with E-state index in [0.29, 0.717) is 16.6 Å². The Morgan fingerprint density at radius 1 is 1.29 bits per heavy atom. The monoisotopic (exact) mass is 492 g/mol. The van der Waals surface area contributed by atoms with Gasteiger partial charge in [-0.1, -0.05) is 6.07 Å². The summed E-state index contributed by atoms with van der Waals surface area (Å²) in [6.07, 6.45) is -5.12. The first-order chi connectivity index (χ1) is 15.7. The van der Waals surface area contributed by atoms with Gasteiger partial charge in [-0.05, 0) is 37.5 Å². The topological polar surface area (TPSA) is 102 Å². The number of aromatic nitrogens is 2. The number of nitrogens with two attached hydrogens (primary N) is 1. The highest BCUT2D eigenvalue weighted by molar-refractivity contribution is 5.78. The molecule has 2 aromatic rings. The van der Waals surface area contributed by atoms with Crippen LogP contribution in [-0.4, -0.2) is 53.9 Å². The molecular weight excluding hydrogens is 463 g/mol. The highest BCUT2D eigenvalue weighted by Gasteiger charge is 2.49. The lowest BCUT2D eigenvalue weighted by Gasteiger charge is -2.34. The molecule has 190 valence electrons. The number of rotatable bonds is 10. The third kappa shape index (κ3) is 6.22. The fraction of sp³-hybridized carbons (Fsp3) is 0.636. The second kappa shape index (κ2) is 9.74. The Morgan fingerprint density at radius 3 is 2.56 bits per heavy atom. The first-order valence-electron chi connectivity index (χ1n) is 10.8. The van der Waals surface area contributed by atoms with Crippen LogP contribution in [0.1, 0.15) is 56.6 Å². The molecule has 0 saturated heterocycles. The van der Waals surface area contributed by atoms with Crippen molar-refractivity contribution in [1.29, 1.82) is 0 Å². The van der Waals surface area contributed by atoms with Crippen molar-refractivity contribution in [2.24, 2.45) is 11.7 Å². The van der Waals surface area contributed by atoms with Crippen molar-refractivity contribution in [2.75, 3.05) is 20.3 Å². The molecule has 1 heterocycles. The molecule has 1 aromatic heterocycles. The van der Waals surface area contributed by atoms with E-state index in [4.69, 9.17) is 15.2 Å². The molecule has 1 aliphatic rings. The summed E-state index contributed by atoms with van der Waals surface area (Å²) < 4.78 is 75.2. The minimum atomic E-state index is -4.55. The van der Waals surface area contributed by atoms with E-state index in [9.17, 15) is 26.7 Å². The number of fused-ring (bicyclic) bond motifs is 1. The SMILES string of the molecule is COCC(NC(=O)CC1CC(F)(F)C1)c1ccc2[nH]c([C@@H](N)COC(C)(C)C(F)(F)F)nc2c1. The number of hydrogen-bond donors (Lipinski definition) is 3. The van der Waals surface area contributed by atoms with Gasteiger partial charge in [0.2, 0.25) is 11.8 Å². The minimum absolute atomic E-state index is 0.00767. The zero-order chi connectivity index (χ0) is 25.3. The maximum Gasteiger partial charge on any atom is 0.416 e. The number of imidazole rings is 1. The molecule has 12 heteroatoms. The van der Waals surface area contributed by atoms with Gasteiger partial charge in [-0.3, -0.25) is 4.79 Å². The molecule has 1 aromatic carbocycles. The molecule has 0 radical (unpaired) electrons. The van der Waals surface area contributed by atoms with Crippen LogP contribution in [0.5, 0.6) is 0 Å². The Labute approximate surface area is 193 Å². The predicted octanol–water partition coefficient (Wildman–Crippen LogP) is 4.16. The fourth-order valence-corrected chi connectivity index (χ4v) is 3.73. The number of hydrogen-bond acceptors (Lipinski definition) is 5. The van der Waals surface area contributed by atoms with Gasteiger partial charge in [-0.25, -0.2) is 13.8 Å². The molecule has 0 spiro atoms. The standard InChI is InChI=1S/C22H29F5N4O3/c1-20(2,22(25,26)27)34-10-14(28)19-30-15-5-4-13(7-16(15)31-19)17(11-33-3)29-18(32)6-12-8-21(23,24)9-12/h4-5,7,12,14,17H,6,8-11,28H2,1-3H3,(H,29,32)(H,30,31)/t14-,17?/m0/s1. The number of methoxy groups -OCH3 is 1. The molecule has 1 aliphatic carbocycles. The van der Waals surface area contributed by atoms with Crippen molar-refractivity contribution >= 4 is 16.9 Å². The number of amides is 1. The number of carbonyl (C=O) groups excluding carboxylic acids is 1. The number of carbonyl (C=O) groups is 1. The van der Waals surface area contributed by atoms with E-state index in [-0.39, 0.29) is 43.5 Å². The molecule has 0 bridgehead atoms. The van der Waals surface area contributed by atoms with Gasteiger partial charge in [-0.15, -0.1) is 0 Å². The number of benzene rings is 1. The number of H-pyrrole nitrogens is 1.